The van der Waals surface area contributed by atoms with E-state index in [1.165, 1.54) is 9.21 Å². The van der Waals surface area contributed by atoms with Gasteiger partial charge in [0.1, 0.15) is 6.33 Å². The van der Waals surface area contributed by atoms with Gasteiger partial charge in [-0.05, 0) is 0 Å². The van der Waals surface area contributed by atoms with Crippen molar-refractivity contribution in [3.05, 3.63) is 19.0 Å². The second-order valence-electron chi connectivity index (χ2n) is 4.01. The number of likely N-dealkylation sites (N-methyl/N-ethyl adjacent to an activating group) is 1. The number of hydrogen-bond acceptors (Lipinski definition) is 5. The number of hydrogen-bond donors (Lipinski definition) is 0. The molecule has 8 nitrogen and oxygen atoms in total. The summed E-state index contributed by atoms with van der Waals surface area (Å²) in [7, 11) is -2.19. The summed E-state index contributed by atoms with van der Waals surface area (Å²) >= 11 is 0. The topological polar surface area (TPSA) is 88.4 Å². The average Bonchev–Trinajstić information content (AvgIpc) is 2.89. The highest BCUT2D eigenvalue weighted by atomic mass is 32.2. The van der Waals surface area contributed by atoms with Crippen molar-refractivity contribution in [3.63, 3.8) is 0 Å². The molecule has 0 bridgehead atoms. The van der Waals surface area contributed by atoms with E-state index in [1.807, 2.05) is 0 Å². The Bertz CT molecular complexity index is 577. The smallest absolute Gasteiger partial charge is 0.322 e. The minimum atomic E-state index is -3.75. The number of aromatic nitrogens is 3. The Hall–Kier alpha value is -1.74. The lowest BCUT2D eigenvalue weighted by Gasteiger charge is -2.15. The van der Waals surface area contributed by atoms with Gasteiger partial charge >= 0.3 is 6.03 Å². The van der Waals surface area contributed by atoms with Crippen molar-refractivity contribution in [1.29, 1.82) is 0 Å². The lowest BCUT2D eigenvalue weighted by atomic mass is 10.6. The first kappa shape index (κ1) is 16.3. The molecular weight excluding hydrogens is 282 g/mol. The normalized spacial score (nSPS) is 11.6. The summed E-state index contributed by atoms with van der Waals surface area (Å²) in [4.78, 5) is 17.0. The maximum atomic E-state index is 12.2. The van der Waals surface area contributed by atoms with E-state index >= 15 is 0 Å². The van der Waals surface area contributed by atoms with Crippen molar-refractivity contribution in [1.82, 2.24) is 24.0 Å². The summed E-state index contributed by atoms with van der Waals surface area (Å²) in [6, 6.07) is -0.474. The van der Waals surface area contributed by atoms with Gasteiger partial charge in [-0.3, -0.25) is 0 Å². The lowest BCUT2D eigenvalue weighted by molar-refractivity contribution is 0.211. The van der Waals surface area contributed by atoms with Gasteiger partial charge in [0.25, 0.3) is 15.2 Å². The Morgan fingerprint density at radius 1 is 1.45 bits per heavy atom. The van der Waals surface area contributed by atoms with Gasteiger partial charge in [-0.25, -0.2) is 18.2 Å². The van der Waals surface area contributed by atoms with Crippen LogP contribution in [0.25, 0.3) is 0 Å². The molecule has 0 spiro atoms. The van der Waals surface area contributed by atoms with Crippen molar-refractivity contribution in [3.8, 4) is 0 Å². The van der Waals surface area contributed by atoms with Crippen molar-refractivity contribution in [2.75, 3.05) is 26.7 Å². The molecule has 1 amide bonds. The predicted octanol–water partition coefficient (Wildman–Crippen LogP) is 0.395. The lowest BCUT2D eigenvalue weighted by Crippen LogP contribution is -2.33. The SMILES string of the molecule is C=CCN(C)C(=O)n1cnc(S(=O)(=O)N(CC)CC)n1. The zero-order chi connectivity index (χ0) is 15.3. The molecule has 1 aromatic rings. The number of carbonyl (C=O) groups is 1. The molecule has 0 fully saturated rings. The van der Waals surface area contributed by atoms with Crippen molar-refractivity contribution < 1.29 is 13.2 Å². The van der Waals surface area contributed by atoms with E-state index < -0.39 is 16.1 Å². The van der Waals surface area contributed by atoms with Crippen LogP contribution in [0.15, 0.2) is 24.1 Å². The second-order valence-corrected chi connectivity index (χ2v) is 5.84. The number of nitrogens with zero attached hydrogens (tertiary/aromatic N) is 5. The van der Waals surface area contributed by atoms with Gasteiger partial charge in [0.2, 0.25) is 0 Å². The molecule has 1 aromatic heterocycles. The monoisotopic (exact) mass is 301 g/mol. The second kappa shape index (κ2) is 6.62. The highest BCUT2D eigenvalue weighted by Crippen LogP contribution is 2.10. The molecule has 112 valence electrons. The van der Waals surface area contributed by atoms with Crippen LogP contribution in [0.4, 0.5) is 4.79 Å². The number of amides is 1. The van der Waals surface area contributed by atoms with Crippen LogP contribution in [0.1, 0.15) is 13.8 Å². The van der Waals surface area contributed by atoms with E-state index in [1.54, 1.807) is 27.0 Å². The van der Waals surface area contributed by atoms with Gasteiger partial charge in [-0.15, -0.1) is 11.7 Å². The van der Waals surface area contributed by atoms with E-state index in [2.05, 4.69) is 16.7 Å². The molecule has 0 aromatic carbocycles. The standard InChI is InChI=1S/C11H19N5O3S/c1-5-8-14(4)11(17)16-9-12-10(13-16)20(18,19)15(6-2)7-3/h5,9H,1,6-8H2,2-4H3. The fourth-order valence-corrected chi connectivity index (χ4v) is 2.87. The van der Waals surface area contributed by atoms with Gasteiger partial charge < -0.3 is 4.90 Å². The Morgan fingerprint density at radius 2 is 2.05 bits per heavy atom. The molecule has 1 rings (SSSR count). The molecule has 0 aliphatic heterocycles. The van der Waals surface area contributed by atoms with Gasteiger partial charge in [-0.1, -0.05) is 19.9 Å². The summed E-state index contributed by atoms with van der Waals surface area (Å²) in [5.41, 5.74) is 0. The van der Waals surface area contributed by atoms with Gasteiger partial charge in [0, 0.05) is 26.7 Å². The van der Waals surface area contributed by atoms with Crippen LogP contribution >= 0.6 is 0 Å². The molecule has 0 saturated carbocycles. The fraction of sp³-hybridized carbons (Fsp3) is 0.545. The first-order valence-electron chi connectivity index (χ1n) is 6.16. The fourth-order valence-electron chi connectivity index (χ4n) is 1.58. The maximum Gasteiger partial charge on any atom is 0.346 e. The average molecular weight is 301 g/mol. The maximum absolute atomic E-state index is 12.2. The third-order valence-electron chi connectivity index (χ3n) is 2.67. The Morgan fingerprint density at radius 3 is 2.55 bits per heavy atom. The van der Waals surface area contributed by atoms with Crippen LogP contribution in [-0.4, -0.2) is 65.1 Å². The molecule has 0 atom stereocenters. The van der Waals surface area contributed by atoms with Gasteiger partial charge in [-0.2, -0.15) is 8.99 Å². The zero-order valence-electron chi connectivity index (χ0n) is 11.9. The Kier molecular flexibility index (Phi) is 5.40. The minimum absolute atomic E-state index is 0.317. The molecule has 9 heteroatoms. The van der Waals surface area contributed by atoms with E-state index in [-0.39, 0.29) is 5.16 Å². The van der Waals surface area contributed by atoms with Crippen LogP contribution in [0.2, 0.25) is 0 Å². The largest absolute Gasteiger partial charge is 0.346 e. The highest BCUT2D eigenvalue weighted by Gasteiger charge is 2.27. The highest BCUT2D eigenvalue weighted by molar-refractivity contribution is 7.88. The van der Waals surface area contributed by atoms with Gasteiger partial charge in [0.05, 0.1) is 0 Å². The Balaban J connectivity index is 3.03. The summed E-state index contributed by atoms with van der Waals surface area (Å²) in [6.45, 7) is 7.94. The number of rotatable bonds is 6. The minimum Gasteiger partial charge on any atom is -0.322 e. The first-order chi connectivity index (χ1) is 9.38. The molecular formula is C11H19N5O3S. The molecule has 0 unspecified atom stereocenters. The molecule has 0 radical (unpaired) electrons. The molecule has 0 saturated heterocycles. The number of carbonyl (C=O) groups excluding carboxylic acids is 1. The van der Waals surface area contributed by atoms with Crippen molar-refractivity contribution in [2.45, 2.75) is 19.0 Å². The van der Waals surface area contributed by atoms with Crippen LogP contribution in [-0.2, 0) is 10.0 Å². The van der Waals surface area contributed by atoms with E-state index in [4.69, 9.17) is 0 Å². The molecule has 0 aliphatic rings. The third-order valence-corrected chi connectivity index (χ3v) is 4.52. The molecule has 20 heavy (non-hydrogen) atoms. The predicted molar refractivity (Wildman–Crippen MR) is 73.7 cm³/mol. The van der Waals surface area contributed by atoms with Crippen molar-refractivity contribution >= 4 is 16.1 Å². The third kappa shape index (κ3) is 3.23. The quantitative estimate of drug-likeness (QED) is 0.709. The Labute approximate surface area is 118 Å². The van der Waals surface area contributed by atoms with Crippen LogP contribution in [0, 0.1) is 0 Å². The molecule has 0 N–H and O–H groups in total. The van der Waals surface area contributed by atoms with Gasteiger partial charge in [0.15, 0.2) is 0 Å². The summed E-state index contributed by atoms with van der Waals surface area (Å²) in [5, 5.41) is 3.38. The summed E-state index contributed by atoms with van der Waals surface area (Å²) in [5.74, 6) is 0. The first-order valence-corrected chi connectivity index (χ1v) is 7.60. The zero-order valence-corrected chi connectivity index (χ0v) is 12.7. The van der Waals surface area contributed by atoms with Crippen molar-refractivity contribution in [2.24, 2.45) is 0 Å². The van der Waals surface area contributed by atoms with Crippen LogP contribution < -0.4 is 0 Å². The summed E-state index contributed by atoms with van der Waals surface area (Å²) < 4.78 is 26.5. The van der Waals surface area contributed by atoms with E-state index in [9.17, 15) is 13.2 Å². The summed E-state index contributed by atoms with van der Waals surface area (Å²) in [6.07, 6.45) is 2.65. The molecule has 1 heterocycles. The number of sulfonamides is 1. The van der Waals surface area contributed by atoms with Crippen LogP contribution in [0.3, 0.4) is 0 Å². The van der Waals surface area contributed by atoms with Crippen LogP contribution in [0.5, 0.6) is 0 Å². The van der Waals surface area contributed by atoms with E-state index in [0.717, 1.165) is 11.0 Å². The van der Waals surface area contributed by atoms with E-state index in [0.29, 0.717) is 19.6 Å². The molecule has 0 aliphatic carbocycles.